The third kappa shape index (κ3) is 6.66. The van der Waals surface area contributed by atoms with E-state index >= 15 is 0 Å². The smallest absolute Gasteiger partial charge is 0.152 e. The third-order valence-electron chi connectivity index (χ3n) is 12.9. The number of allylic oxidation sites excluding steroid dienone is 1. The predicted molar refractivity (Wildman–Crippen MR) is 266 cm³/mol. The number of nitrogens with zero attached hydrogens (tertiary/aromatic N) is 2. The fraction of sp³-hybridized carbons (Fsp3) is 0.0500. The molecule has 0 atom stereocenters. The first kappa shape index (κ1) is 38.0. The number of aromatic nitrogens is 1. The molecule has 11 rings (SSSR count). The highest BCUT2D eigenvalue weighted by molar-refractivity contribution is 6.19. The maximum atomic E-state index is 8.97. The van der Waals surface area contributed by atoms with E-state index in [1.54, 1.807) is 6.20 Å². The number of fused-ring (bicyclic) bond motifs is 7. The fourth-order valence-electron chi connectivity index (χ4n) is 9.81. The van der Waals surface area contributed by atoms with Crippen molar-refractivity contribution in [3.8, 4) is 44.5 Å². The van der Waals surface area contributed by atoms with Crippen LogP contribution in [0.15, 0.2) is 218 Å². The van der Waals surface area contributed by atoms with E-state index in [-0.39, 0.29) is 11.3 Å². The molecule has 63 heavy (non-hydrogen) atoms. The minimum atomic E-state index is -0.0940. The summed E-state index contributed by atoms with van der Waals surface area (Å²) in [6.45, 7) is 4.74. The van der Waals surface area contributed by atoms with Crippen LogP contribution in [0.4, 0.5) is 0 Å². The van der Waals surface area contributed by atoms with Gasteiger partial charge in [0.2, 0.25) is 0 Å². The molecule has 0 unspecified atom stereocenters. The van der Waals surface area contributed by atoms with Crippen LogP contribution in [0.3, 0.4) is 0 Å². The largest absolute Gasteiger partial charge is 0.282 e. The molecule has 1 aliphatic carbocycles. The molecular weight excluding hydrogens is 763 g/mol. The quantitative estimate of drug-likeness (QED) is 0.127. The standard InChI is InChI=1S/C60H43N3/c1-60(2)56-33-27-43(37-55(56)54-30-26-39-14-6-7-21-48(39)58(54)60)47-31-32-53(51-24-11-10-23-50(47)51)52-29-25-40(46-20-8-9-22-49(46)52)28-34-57(63-59(61)41-15-4-3-5-16-41)44-18-12-17-42(36-44)45-19-13-35-62-38-45/h3-38,61H,1-2H3/b34-28+,61-59?,63-57?. The van der Waals surface area contributed by atoms with E-state index in [1.165, 1.54) is 71.4 Å². The Bertz CT molecular complexity index is 3490. The second kappa shape index (κ2) is 15.5. The molecule has 0 saturated heterocycles. The summed E-state index contributed by atoms with van der Waals surface area (Å²) >= 11 is 0. The number of rotatable bonds is 7. The van der Waals surface area contributed by atoms with Crippen LogP contribution in [0, 0.1) is 5.41 Å². The lowest BCUT2D eigenvalue weighted by Crippen LogP contribution is -2.15. The molecular formula is C60H43N3. The minimum Gasteiger partial charge on any atom is -0.282 e. The van der Waals surface area contributed by atoms with Gasteiger partial charge in [0.15, 0.2) is 5.84 Å². The number of hydrogen-bond acceptors (Lipinski definition) is 2. The maximum absolute atomic E-state index is 8.97. The Kier molecular flexibility index (Phi) is 9.32. The first-order valence-electron chi connectivity index (χ1n) is 21.6. The molecule has 1 aromatic heterocycles. The molecule has 0 bridgehead atoms. The highest BCUT2D eigenvalue weighted by Crippen LogP contribution is 2.52. The molecule has 0 saturated carbocycles. The third-order valence-corrected chi connectivity index (χ3v) is 12.9. The van der Waals surface area contributed by atoms with Crippen molar-refractivity contribution < 1.29 is 0 Å². The first-order chi connectivity index (χ1) is 30.9. The van der Waals surface area contributed by atoms with Gasteiger partial charge in [0.05, 0.1) is 5.71 Å². The van der Waals surface area contributed by atoms with E-state index in [2.05, 4.69) is 177 Å². The van der Waals surface area contributed by atoms with Gasteiger partial charge in [0, 0.05) is 34.5 Å². The fourth-order valence-corrected chi connectivity index (χ4v) is 9.81. The number of amidine groups is 1. The van der Waals surface area contributed by atoms with Crippen LogP contribution >= 0.6 is 0 Å². The predicted octanol–water partition coefficient (Wildman–Crippen LogP) is 15.4. The summed E-state index contributed by atoms with van der Waals surface area (Å²) in [5, 5.41) is 16.4. The van der Waals surface area contributed by atoms with Crippen molar-refractivity contribution in [1.29, 1.82) is 5.41 Å². The van der Waals surface area contributed by atoms with Crippen molar-refractivity contribution in [2.24, 2.45) is 4.99 Å². The van der Waals surface area contributed by atoms with Crippen LogP contribution in [-0.2, 0) is 5.41 Å². The molecule has 0 amide bonds. The van der Waals surface area contributed by atoms with Crippen molar-refractivity contribution in [2.45, 2.75) is 19.3 Å². The lowest BCUT2D eigenvalue weighted by Gasteiger charge is -2.23. The summed E-state index contributed by atoms with van der Waals surface area (Å²) in [7, 11) is 0. The van der Waals surface area contributed by atoms with Crippen LogP contribution in [-0.4, -0.2) is 16.5 Å². The second-order valence-electron chi connectivity index (χ2n) is 16.9. The van der Waals surface area contributed by atoms with Gasteiger partial charge >= 0.3 is 0 Å². The van der Waals surface area contributed by atoms with Crippen molar-refractivity contribution in [3.05, 3.63) is 240 Å². The van der Waals surface area contributed by atoms with Gasteiger partial charge in [-0.05, 0) is 112 Å². The average molecular weight is 806 g/mol. The van der Waals surface area contributed by atoms with Crippen LogP contribution in [0.5, 0.6) is 0 Å². The zero-order chi connectivity index (χ0) is 42.5. The van der Waals surface area contributed by atoms with Crippen LogP contribution < -0.4 is 0 Å². The SMILES string of the molecule is CC1(C)c2ccc(-c3ccc(-c4ccc(/C=C/C(=NC(=N)c5ccccc5)c5cccc(-c6cccnc6)c5)c5ccccc45)c4ccccc34)cc2-c2ccc3ccccc3c21. The number of benzene rings is 9. The summed E-state index contributed by atoms with van der Waals surface area (Å²) in [5.74, 6) is 0.208. The van der Waals surface area contributed by atoms with Crippen molar-refractivity contribution in [2.75, 3.05) is 0 Å². The van der Waals surface area contributed by atoms with Crippen LogP contribution in [0.2, 0.25) is 0 Å². The van der Waals surface area contributed by atoms with Gasteiger partial charge in [-0.2, -0.15) is 0 Å². The van der Waals surface area contributed by atoms with Gasteiger partial charge in [0.1, 0.15) is 0 Å². The average Bonchev–Trinajstić information content (AvgIpc) is 3.58. The first-order valence-corrected chi connectivity index (χ1v) is 21.6. The van der Waals surface area contributed by atoms with Crippen molar-refractivity contribution in [3.63, 3.8) is 0 Å². The Labute approximate surface area is 367 Å². The molecule has 1 N–H and O–H groups in total. The molecule has 10 aromatic rings. The summed E-state index contributed by atoms with van der Waals surface area (Å²) in [6.07, 6.45) is 7.84. The van der Waals surface area contributed by atoms with Gasteiger partial charge in [0.25, 0.3) is 0 Å². The van der Waals surface area contributed by atoms with Gasteiger partial charge in [-0.15, -0.1) is 0 Å². The molecule has 9 aromatic carbocycles. The number of pyridine rings is 1. The van der Waals surface area contributed by atoms with Gasteiger partial charge < -0.3 is 0 Å². The van der Waals surface area contributed by atoms with Gasteiger partial charge in [-0.25, -0.2) is 4.99 Å². The van der Waals surface area contributed by atoms with Gasteiger partial charge in [-0.3, -0.25) is 10.4 Å². The summed E-state index contributed by atoms with van der Waals surface area (Å²) < 4.78 is 0. The lowest BCUT2D eigenvalue weighted by molar-refractivity contribution is 0.666. The van der Waals surface area contributed by atoms with Crippen LogP contribution in [0.25, 0.3) is 82.9 Å². The van der Waals surface area contributed by atoms with E-state index in [0.29, 0.717) is 5.71 Å². The Balaban J connectivity index is 0.991. The Morgan fingerprint density at radius 2 is 1.13 bits per heavy atom. The Morgan fingerprint density at radius 1 is 0.492 bits per heavy atom. The molecule has 0 spiro atoms. The molecule has 298 valence electrons. The van der Waals surface area contributed by atoms with Crippen molar-refractivity contribution >= 4 is 49.9 Å². The molecule has 3 nitrogen and oxygen atoms in total. The highest BCUT2D eigenvalue weighted by atomic mass is 14.8. The minimum absolute atomic E-state index is 0.0940. The summed E-state index contributed by atoms with van der Waals surface area (Å²) in [4.78, 5) is 9.27. The zero-order valence-electron chi connectivity index (χ0n) is 35.2. The number of hydrogen-bond donors (Lipinski definition) is 1. The lowest BCUT2D eigenvalue weighted by atomic mass is 9.80. The molecule has 1 aliphatic rings. The Morgan fingerprint density at radius 3 is 1.90 bits per heavy atom. The van der Waals surface area contributed by atoms with E-state index in [0.717, 1.165) is 33.2 Å². The monoisotopic (exact) mass is 805 g/mol. The summed E-state index contributed by atoms with van der Waals surface area (Å²) in [5.41, 5.74) is 15.7. The van der Waals surface area contributed by atoms with Crippen molar-refractivity contribution in [1.82, 2.24) is 4.98 Å². The molecule has 1 heterocycles. The molecule has 0 radical (unpaired) electrons. The second-order valence-corrected chi connectivity index (χ2v) is 16.9. The highest BCUT2D eigenvalue weighted by Gasteiger charge is 2.37. The summed E-state index contributed by atoms with van der Waals surface area (Å²) in [6, 6.07) is 69.1. The zero-order valence-corrected chi connectivity index (χ0v) is 35.2. The topological polar surface area (TPSA) is 49.1 Å². The molecule has 0 aliphatic heterocycles. The van der Waals surface area contributed by atoms with E-state index in [1.807, 2.05) is 54.7 Å². The van der Waals surface area contributed by atoms with Gasteiger partial charge in [-0.1, -0.05) is 196 Å². The number of nitrogens with one attached hydrogen (secondary N) is 1. The molecule has 0 fully saturated rings. The van der Waals surface area contributed by atoms with E-state index < -0.39 is 0 Å². The van der Waals surface area contributed by atoms with Crippen LogP contribution in [0.1, 0.15) is 41.7 Å². The van der Waals surface area contributed by atoms with E-state index in [9.17, 15) is 0 Å². The number of aliphatic imine (C=N–C) groups is 1. The Hall–Kier alpha value is -8.01. The van der Waals surface area contributed by atoms with E-state index in [4.69, 9.17) is 10.4 Å². The molecule has 3 heteroatoms. The maximum Gasteiger partial charge on any atom is 0.152 e. The normalized spacial score (nSPS) is 13.1.